The Hall–Kier alpha value is -6.36. The predicted octanol–water partition coefficient (Wildman–Crippen LogP) is 13.7. The summed E-state index contributed by atoms with van der Waals surface area (Å²) in [7, 11) is 0. The first-order valence-electron chi connectivity index (χ1n) is 16.9. The third-order valence-corrected chi connectivity index (χ3v) is 11.3. The summed E-state index contributed by atoms with van der Waals surface area (Å²) < 4.78 is 11.4. The molecule has 4 heteroatoms. The summed E-state index contributed by atoms with van der Waals surface area (Å²) in [5.41, 5.74) is 8.56. The Balaban J connectivity index is 1.10. The van der Waals surface area contributed by atoms with Gasteiger partial charge < -0.3 is 13.9 Å². The number of fused-ring (bicyclic) bond motifs is 11. The van der Waals surface area contributed by atoms with Crippen molar-refractivity contribution in [1.82, 2.24) is 4.57 Å². The maximum Gasteiger partial charge on any atom is 0.137 e. The molecule has 50 heavy (non-hydrogen) atoms. The molecule has 0 N–H and O–H groups in total. The molecular weight excluding hydrogens is 629 g/mol. The third kappa shape index (κ3) is 4.03. The van der Waals surface area contributed by atoms with Crippen LogP contribution in [0.2, 0.25) is 0 Å². The summed E-state index contributed by atoms with van der Waals surface area (Å²) in [6.45, 7) is 0. The number of hydrogen-bond donors (Lipinski definition) is 0. The molecule has 3 heterocycles. The highest BCUT2D eigenvalue weighted by molar-refractivity contribution is 7.25. The minimum Gasteiger partial charge on any atom is -0.456 e. The molecule has 3 aromatic heterocycles. The van der Waals surface area contributed by atoms with Crippen LogP contribution in [0, 0.1) is 0 Å². The van der Waals surface area contributed by atoms with E-state index in [9.17, 15) is 0 Å². The normalized spacial score (nSPS) is 12.0. The van der Waals surface area contributed by atoms with E-state index in [1.807, 2.05) is 23.5 Å². The molecule has 0 atom stereocenters. The lowest BCUT2D eigenvalue weighted by molar-refractivity contribution is 0.669. The van der Waals surface area contributed by atoms with Gasteiger partial charge in [-0.1, -0.05) is 91.0 Å². The fourth-order valence-electron chi connectivity index (χ4n) is 7.92. The van der Waals surface area contributed by atoms with E-state index in [1.54, 1.807) is 0 Å². The van der Waals surface area contributed by atoms with Gasteiger partial charge in [0.2, 0.25) is 0 Å². The molecule has 234 valence electrons. The quantitative estimate of drug-likeness (QED) is 0.188. The van der Waals surface area contributed by atoms with Gasteiger partial charge in [-0.25, -0.2) is 0 Å². The zero-order chi connectivity index (χ0) is 32.8. The first-order chi connectivity index (χ1) is 24.8. The minimum absolute atomic E-state index is 0.880. The number of rotatable bonds is 4. The van der Waals surface area contributed by atoms with E-state index in [0.29, 0.717) is 0 Å². The van der Waals surface area contributed by atoms with Crippen molar-refractivity contribution in [1.29, 1.82) is 0 Å². The van der Waals surface area contributed by atoms with Gasteiger partial charge in [-0.15, -0.1) is 11.3 Å². The standard InChI is InChI=1S/C46H28N2OS/c1-2-10-34-29(9-1)17-26-41-46(34)39-13-3-6-14-40(39)48(41)31-20-18-30(19-21-31)47(32-22-24-36-35-11-4-7-15-42(35)49-43(36)27-32)33-23-25-38-37-12-5-8-16-44(37)50-45(38)28-33/h1-28H. The van der Waals surface area contributed by atoms with Crippen LogP contribution in [0.3, 0.4) is 0 Å². The second kappa shape index (κ2) is 10.6. The summed E-state index contributed by atoms with van der Waals surface area (Å²) in [6, 6.07) is 61.3. The average molecular weight is 657 g/mol. The minimum atomic E-state index is 0.880. The topological polar surface area (TPSA) is 21.3 Å². The van der Waals surface area contributed by atoms with Crippen LogP contribution in [0.15, 0.2) is 174 Å². The molecule has 0 saturated carbocycles. The number of nitrogens with zero attached hydrogens (tertiary/aromatic N) is 2. The van der Waals surface area contributed by atoms with Gasteiger partial charge in [0.25, 0.3) is 0 Å². The highest BCUT2D eigenvalue weighted by atomic mass is 32.1. The predicted molar refractivity (Wildman–Crippen MR) is 213 cm³/mol. The molecule has 3 nitrogen and oxygen atoms in total. The van der Waals surface area contributed by atoms with Gasteiger partial charge in [0.05, 0.1) is 11.0 Å². The molecule has 0 aliphatic carbocycles. The Kier molecular flexibility index (Phi) is 5.83. The van der Waals surface area contributed by atoms with Gasteiger partial charge in [0, 0.05) is 70.5 Å². The van der Waals surface area contributed by atoms with Crippen molar-refractivity contribution in [3.63, 3.8) is 0 Å². The van der Waals surface area contributed by atoms with Crippen molar-refractivity contribution in [3.8, 4) is 5.69 Å². The number of furan rings is 1. The van der Waals surface area contributed by atoms with Crippen molar-refractivity contribution in [2.24, 2.45) is 0 Å². The van der Waals surface area contributed by atoms with Gasteiger partial charge in [-0.3, -0.25) is 0 Å². The van der Waals surface area contributed by atoms with Crippen LogP contribution < -0.4 is 4.90 Å². The van der Waals surface area contributed by atoms with Crippen LogP contribution in [-0.4, -0.2) is 4.57 Å². The second-order valence-electron chi connectivity index (χ2n) is 12.9. The zero-order valence-electron chi connectivity index (χ0n) is 26.9. The maximum atomic E-state index is 6.38. The fourth-order valence-corrected chi connectivity index (χ4v) is 9.06. The molecule has 0 aliphatic rings. The molecule has 0 bridgehead atoms. The molecule has 0 fully saturated rings. The SMILES string of the molecule is c1ccc2c(c1)ccc1c2c2ccccc2n1-c1ccc(N(c2ccc3c(c2)oc2ccccc23)c2ccc3c(c2)sc2ccccc23)cc1. The zero-order valence-corrected chi connectivity index (χ0v) is 27.7. The maximum absolute atomic E-state index is 6.38. The van der Waals surface area contributed by atoms with E-state index in [0.717, 1.165) is 44.7 Å². The Morgan fingerprint density at radius 1 is 0.420 bits per heavy atom. The Bertz CT molecular complexity index is 2990. The summed E-state index contributed by atoms with van der Waals surface area (Å²) in [5, 5.41) is 9.94. The van der Waals surface area contributed by atoms with E-state index in [2.05, 4.69) is 167 Å². The summed E-state index contributed by atoms with van der Waals surface area (Å²) in [4.78, 5) is 2.35. The van der Waals surface area contributed by atoms with Crippen molar-refractivity contribution >= 4 is 103 Å². The molecule has 0 unspecified atom stereocenters. The van der Waals surface area contributed by atoms with Crippen molar-refractivity contribution in [2.75, 3.05) is 4.90 Å². The van der Waals surface area contributed by atoms with Gasteiger partial charge in [-0.2, -0.15) is 0 Å². The van der Waals surface area contributed by atoms with Gasteiger partial charge in [0.15, 0.2) is 0 Å². The van der Waals surface area contributed by atoms with Gasteiger partial charge >= 0.3 is 0 Å². The summed E-state index contributed by atoms with van der Waals surface area (Å²) >= 11 is 1.84. The lowest BCUT2D eigenvalue weighted by Gasteiger charge is -2.26. The lowest BCUT2D eigenvalue weighted by atomic mass is 10.0. The largest absolute Gasteiger partial charge is 0.456 e. The Morgan fingerprint density at radius 2 is 1.06 bits per heavy atom. The molecule has 0 aliphatic heterocycles. The number of para-hydroxylation sites is 2. The molecule has 0 saturated heterocycles. The van der Waals surface area contributed by atoms with Crippen LogP contribution in [0.5, 0.6) is 0 Å². The number of benzene rings is 8. The molecule has 11 aromatic rings. The van der Waals surface area contributed by atoms with E-state index in [4.69, 9.17) is 4.42 Å². The molecule has 8 aromatic carbocycles. The number of aromatic nitrogens is 1. The monoisotopic (exact) mass is 656 g/mol. The van der Waals surface area contributed by atoms with Crippen LogP contribution in [0.1, 0.15) is 0 Å². The number of anilines is 3. The molecule has 11 rings (SSSR count). The molecule has 0 radical (unpaired) electrons. The molecule has 0 amide bonds. The van der Waals surface area contributed by atoms with E-state index in [1.165, 1.54) is 52.8 Å². The fraction of sp³-hybridized carbons (Fsp3) is 0. The Morgan fingerprint density at radius 3 is 1.94 bits per heavy atom. The first-order valence-corrected chi connectivity index (χ1v) is 17.7. The van der Waals surface area contributed by atoms with Crippen LogP contribution in [0.25, 0.3) is 80.4 Å². The van der Waals surface area contributed by atoms with Crippen molar-refractivity contribution in [3.05, 3.63) is 170 Å². The van der Waals surface area contributed by atoms with Crippen LogP contribution in [-0.2, 0) is 0 Å². The summed E-state index contributed by atoms with van der Waals surface area (Å²) in [5.74, 6) is 0. The van der Waals surface area contributed by atoms with Gasteiger partial charge in [-0.05, 0) is 83.6 Å². The second-order valence-corrected chi connectivity index (χ2v) is 14.0. The first kappa shape index (κ1) is 27.6. The highest BCUT2D eigenvalue weighted by Gasteiger charge is 2.19. The molecular formula is C46H28N2OS. The highest BCUT2D eigenvalue weighted by Crippen LogP contribution is 2.43. The smallest absolute Gasteiger partial charge is 0.137 e. The van der Waals surface area contributed by atoms with E-state index in [-0.39, 0.29) is 0 Å². The van der Waals surface area contributed by atoms with E-state index >= 15 is 0 Å². The number of hydrogen-bond acceptors (Lipinski definition) is 3. The molecule has 0 spiro atoms. The average Bonchev–Trinajstić information content (AvgIpc) is 3.84. The van der Waals surface area contributed by atoms with Crippen molar-refractivity contribution in [2.45, 2.75) is 0 Å². The van der Waals surface area contributed by atoms with Gasteiger partial charge in [0.1, 0.15) is 11.2 Å². The van der Waals surface area contributed by atoms with Crippen molar-refractivity contribution < 1.29 is 4.42 Å². The van der Waals surface area contributed by atoms with Crippen LogP contribution in [0.4, 0.5) is 17.1 Å². The van der Waals surface area contributed by atoms with E-state index < -0.39 is 0 Å². The lowest BCUT2D eigenvalue weighted by Crippen LogP contribution is -2.10. The number of thiophene rings is 1. The summed E-state index contributed by atoms with van der Waals surface area (Å²) in [6.07, 6.45) is 0. The third-order valence-electron chi connectivity index (χ3n) is 10.2. The Labute approximate surface area is 291 Å². The van der Waals surface area contributed by atoms with Crippen LogP contribution >= 0.6 is 11.3 Å².